The highest BCUT2D eigenvalue weighted by Gasteiger charge is 2.41. The molecule has 33 heavy (non-hydrogen) atoms. The number of nitrogens with two attached hydrogens (primary N) is 1. The van der Waals surface area contributed by atoms with Crippen LogP contribution in [0, 0.1) is 0 Å². The number of nitrogens with one attached hydrogen (secondary N) is 1. The minimum atomic E-state index is -0.848. The van der Waals surface area contributed by atoms with Gasteiger partial charge in [-0.3, -0.25) is 9.69 Å². The molecule has 8 heteroatoms. The number of hydrogen-bond acceptors (Lipinski definition) is 5. The molecule has 1 aliphatic heterocycles. The molecule has 2 aliphatic rings. The summed E-state index contributed by atoms with van der Waals surface area (Å²) in [5, 5.41) is 2.76. The maximum atomic E-state index is 12.6. The number of carbonyl (C=O) groups is 3. The van der Waals surface area contributed by atoms with Gasteiger partial charge in [0.1, 0.15) is 18.2 Å². The lowest BCUT2D eigenvalue weighted by atomic mass is 9.98. The Morgan fingerprint density at radius 1 is 1.03 bits per heavy atom. The van der Waals surface area contributed by atoms with E-state index >= 15 is 0 Å². The third-order valence-electron chi connectivity index (χ3n) is 5.92. The van der Waals surface area contributed by atoms with E-state index in [1.54, 1.807) is 20.8 Å². The fourth-order valence-electron chi connectivity index (χ4n) is 4.54. The zero-order valence-electron chi connectivity index (χ0n) is 19.0. The van der Waals surface area contributed by atoms with Crippen molar-refractivity contribution in [1.82, 2.24) is 10.2 Å². The van der Waals surface area contributed by atoms with Crippen molar-refractivity contribution in [2.75, 3.05) is 13.2 Å². The van der Waals surface area contributed by atoms with Crippen molar-refractivity contribution >= 4 is 18.1 Å². The van der Waals surface area contributed by atoms with Crippen LogP contribution < -0.4 is 11.1 Å². The number of primary amides is 1. The minimum Gasteiger partial charge on any atom is -0.449 e. The quantitative estimate of drug-likeness (QED) is 0.740. The molecule has 2 atom stereocenters. The highest BCUT2D eigenvalue weighted by atomic mass is 16.6. The Morgan fingerprint density at radius 2 is 1.61 bits per heavy atom. The van der Waals surface area contributed by atoms with Crippen LogP contribution in [-0.2, 0) is 14.3 Å². The SMILES string of the molecule is CC(C)(C)OC(=O)N1C[C@H](NC(=O)OCC2c3ccccc3-c3ccccc32)C[C@@H]1C(N)=O. The zero-order chi connectivity index (χ0) is 23.8. The second kappa shape index (κ2) is 8.77. The van der Waals surface area contributed by atoms with Gasteiger partial charge in [-0.15, -0.1) is 0 Å². The van der Waals surface area contributed by atoms with Crippen molar-refractivity contribution in [3.8, 4) is 11.1 Å². The second-order valence-corrected chi connectivity index (χ2v) is 9.45. The van der Waals surface area contributed by atoms with Crippen molar-refractivity contribution in [2.45, 2.75) is 50.8 Å². The number of rotatable bonds is 4. The van der Waals surface area contributed by atoms with Gasteiger partial charge < -0.3 is 20.5 Å². The van der Waals surface area contributed by atoms with Gasteiger partial charge in [-0.2, -0.15) is 0 Å². The summed E-state index contributed by atoms with van der Waals surface area (Å²) >= 11 is 0. The number of ether oxygens (including phenoxy) is 2. The number of hydrogen-bond donors (Lipinski definition) is 2. The van der Waals surface area contributed by atoms with Crippen LogP contribution in [0.1, 0.15) is 44.2 Å². The third-order valence-corrected chi connectivity index (χ3v) is 5.92. The molecule has 0 spiro atoms. The van der Waals surface area contributed by atoms with Gasteiger partial charge in [0.25, 0.3) is 0 Å². The highest BCUT2D eigenvalue weighted by Crippen LogP contribution is 2.44. The van der Waals surface area contributed by atoms with Crippen LogP contribution in [0.5, 0.6) is 0 Å². The molecule has 3 N–H and O–H groups in total. The molecule has 2 aromatic rings. The standard InChI is InChI=1S/C25H29N3O5/c1-25(2,3)33-24(31)28-13-15(12-21(28)22(26)29)27-23(30)32-14-20-18-10-6-4-8-16(18)17-9-5-7-11-19(17)20/h4-11,15,20-21H,12-14H2,1-3H3,(H2,26,29)(H,27,30)/t15-,21-/m1/s1. The van der Waals surface area contributed by atoms with Crippen LogP contribution in [0.15, 0.2) is 48.5 Å². The van der Waals surface area contributed by atoms with Gasteiger partial charge in [0.15, 0.2) is 0 Å². The fraction of sp³-hybridized carbons (Fsp3) is 0.400. The van der Waals surface area contributed by atoms with Crippen LogP contribution >= 0.6 is 0 Å². The Labute approximate surface area is 193 Å². The number of amides is 3. The first kappa shape index (κ1) is 22.6. The molecule has 4 rings (SSSR count). The summed E-state index contributed by atoms with van der Waals surface area (Å²) in [5.74, 6) is -0.693. The van der Waals surface area contributed by atoms with Gasteiger partial charge in [-0.05, 0) is 49.4 Å². The molecule has 0 saturated carbocycles. The smallest absolute Gasteiger partial charge is 0.411 e. The van der Waals surface area contributed by atoms with E-state index in [1.165, 1.54) is 4.90 Å². The molecule has 1 aliphatic carbocycles. The van der Waals surface area contributed by atoms with E-state index in [2.05, 4.69) is 29.6 Å². The topological polar surface area (TPSA) is 111 Å². The summed E-state index contributed by atoms with van der Waals surface area (Å²) in [4.78, 5) is 38.2. The van der Waals surface area contributed by atoms with Crippen molar-refractivity contribution in [1.29, 1.82) is 0 Å². The molecule has 0 bridgehead atoms. The third kappa shape index (κ3) is 4.79. The predicted octanol–water partition coefficient (Wildman–Crippen LogP) is 3.39. The fourth-order valence-corrected chi connectivity index (χ4v) is 4.54. The van der Waals surface area contributed by atoms with Crippen molar-refractivity contribution in [3.63, 3.8) is 0 Å². The van der Waals surface area contributed by atoms with E-state index in [0.29, 0.717) is 0 Å². The molecule has 8 nitrogen and oxygen atoms in total. The summed E-state index contributed by atoms with van der Waals surface area (Å²) in [6.45, 7) is 5.53. The monoisotopic (exact) mass is 451 g/mol. The van der Waals surface area contributed by atoms with Crippen molar-refractivity contribution in [2.24, 2.45) is 5.73 Å². The first-order valence-corrected chi connectivity index (χ1v) is 11.0. The van der Waals surface area contributed by atoms with Gasteiger partial charge >= 0.3 is 12.2 Å². The van der Waals surface area contributed by atoms with Gasteiger partial charge in [0.2, 0.25) is 5.91 Å². The summed E-state index contributed by atoms with van der Waals surface area (Å²) in [5.41, 5.74) is 9.31. The minimum absolute atomic E-state index is 0.0524. The molecule has 1 fully saturated rings. The van der Waals surface area contributed by atoms with Crippen LogP contribution in [0.4, 0.5) is 9.59 Å². The van der Waals surface area contributed by atoms with E-state index in [0.717, 1.165) is 22.3 Å². The molecule has 0 unspecified atom stereocenters. The molecule has 2 aromatic carbocycles. The number of likely N-dealkylation sites (tertiary alicyclic amines) is 1. The van der Waals surface area contributed by atoms with E-state index < -0.39 is 35.8 Å². The second-order valence-electron chi connectivity index (χ2n) is 9.45. The van der Waals surface area contributed by atoms with E-state index in [1.807, 2.05) is 24.3 Å². The van der Waals surface area contributed by atoms with Crippen molar-refractivity contribution in [3.05, 3.63) is 59.7 Å². The molecule has 0 aromatic heterocycles. The first-order valence-electron chi connectivity index (χ1n) is 11.0. The molecular weight excluding hydrogens is 422 g/mol. The summed E-state index contributed by atoms with van der Waals surface area (Å²) in [6.07, 6.45) is -1.03. The lowest BCUT2D eigenvalue weighted by Gasteiger charge is -2.27. The van der Waals surface area contributed by atoms with E-state index in [9.17, 15) is 14.4 Å². The van der Waals surface area contributed by atoms with Gasteiger partial charge in [0, 0.05) is 12.5 Å². The lowest BCUT2D eigenvalue weighted by Crippen LogP contribution is -2.46. The largest absolute Gasteiger partial charge is 0.449 e. The van der Waals surface area contributed by atoms with E-state index in [-0.39, 0.29) is 25.5 Å². The molecular formula is C25H29N3O5. The summed E-state index contributed by atoms with van der Waals surface area (Å²) in [6, 6.07) is 14.9. The average Bonchev–Trinajstić information content (AvgIpc) is 3.31. The van der Waals surface area contributed by atoms with Crippen LogP contribution in [-0.4, -0.2) is 53.8 Å². The van der Waals surface area contributed by atoms with Gasteiger partial charge in [-0.25, -0.2) is 9.59 Å². The number of fused-ring (bicyclic) bond motifs is 3. The normalized spacial score (nSPS) is 19.5. The highest BCUT2D eigenvalue weighted by molar-refractivity contribution is 5.85. The van der Waals surface area contributed by atoms with Gasteiger partial charge in [0.05, 0.1) is 6.04 Å². The number of alkyl carbamates (subject to hydrolysis) is 1. The predicted molar refractivity (Wildman–Crippen MR) is 123 cm³/mol. The molecule has 0 radical (unpaired) electrons. The lowest BCUT2D eigenvalue weighted by molar-refractivity contribution is -0.122. The van der Waals surface area contributed by atoms with Crippen molar-refractivity contribution < 1.29 is 23.9 Å². The Morgan fingerprint density at radius 3 is 2.15 bits per heavy atom. The molecule has 3 amide bonds. The summed E-state index contributed by atoms with van der Waals surface area (Å²) < 4.78 is 10.9. The molecule has 1 saturated heterocycles. The molecule has 1 heterocycles. The first-order chi connectivity index (χ1) is 15.6. The Kier molecular flexibility index (Phi) is 6.01. The maximum absolute atomic E-state index is 12.6. The van der Waals surface area contributed by atoms with E-state index in [4.69, 9.17) is 15.2 Å². The van der Waals surface area contributed by atoms with Gasteiger partial charge in [-0.1, -0.05) is 48.5 Å². The molecule has 174 valence electrons. The average molecular weight is 452 g/mol. The Bertz CT molecular complexity index is 1030. The summed E-state index contributed by atoms with van der Waals surface area (Å²) in [7, 11) is 0. The Balaban J connectivity index is 1.39. The van der Waals surface area contributed by atoms with Crippen LogP contribution in [0.25, 0.3) is 11.1 Å². The number of carbonyl (C=O) groups excluding carboxylic acids is 3. The zero-order valence-corrected chi connectivity index (χ0v) is 19.0. The number of benzene rings is 2. The van der Waals surface area contributed by atoms with Crippen LogP contribution in [0.3, 0.4) is 0 Å². The van der Waals surface area contributed by atoms with Crippen LogP contribution in [0.2, 0.25) is 0 Å². The Hall–Kier alpha value is -3.55. The number of nitrogens with zero attached hydrogens (tertiary/aromatic N) is 1. The maximum Gasteiger partial charge on any atom is 0.411 e.